The van der Waals surface area contributed by atoms with Crippen LogP contribution >= 0.6 is 0 Å². The molecule has 0 saturated carbocycles. The molecule has 0 aliphatic carbocycles. The van der Waals surface area contributed by atoms with Crippen molar-refractivity contribution in [3.05, 3.63) is 0 Å². The summed E-state index contributed by atoms with van der Waals surface area (Å²) in [7, 11) is 0. The second-order valence-electron chi connectivity index (χ2n) is 19.3. The summed E-state index contributed by atoms with van der Waals surface area (Å²) in [5.41, 5.74) is 0. The van der Waals surface area contributed by atoms with E-state index in [1.54, 1.807) is 0 Å². The summed E-state index contributed by atoms with van der Waals surface area (Å²) in [5.74, 6) is -7.28. The van der Waals surface area contributed by atoms with Crippen LogP contribution in [-0.4, -0.2) is 338 Å². The summed E-state index contributed by atoms with van der Waals surface area (Å²) in [6.45, 7) is -2.76. The second-order valence-corrected chi connectivity index (χ2v) is 19.3. The Morgan fingerprint density at radius 2 is 1.10 bits per heavy atom. The molecule has 0 aromatic rings. The highest BCUT2D eigenvalue weighted by molar-refractivity contribution is 5.76. The van der Waals surface area contributed by atoms with Crippen LogP contribution < -0.4 is 10.6 Å². The van der Waals surface area contributed by atoms with Crippen LogP contribution in [-0.2, 0) is 66.5 Å². The zero-order valence-corrected chi connectivity index (χ0v) is 41.8. The minimum Gasteiger partial charge on any atom is -0.477 e. The van der Waals surface area contributed by atoms with Crippen LogP contribution in [0.3, 0.4) is 0 Å². The Labute approximate surface area is 441 Å². The Morgan fingerprint density at radius 1 is 0.603 bits per heavy atom. The largest absolute Gasteiger partial charge is 0.477 e. The Bertz CT molecular complexity index is 1930. The zero-order valence-electron chi connectivity index (χ0n) is 41.8. The topological polar surface area (TPSA) is 569 Å². The number of aliphatic carboxylic acids is 1. The van der Waals surface area contributed by atoms with Gasteiger partial charge in [0.05, 0.1) is 51.3 Å². The molecule has 0 bridgehead atoms. The van der Waals surface area contributed by atoms with E-state index in [2.05, 4.69) is 10.6 Å². The lowest BCUT2D eigenvalue weighted by atomic mass is 9.88. The Morgan fingerprint density at radius 3 is 1.64 bits per heavy atom. The highest BCUT2D eigenvalue weighted by Gasteiger charge is 2.62. The van der Waals surface area contributed by atoms with Gasteiger partial charge in [-0.2, -0.15) is 0 Å². The number of rotatable bonds is 24. The highest BCUT2D eigenvalue weighted by atomic mass is 16.8. The van der Waals surface area contributed by atoms with Crippen LogP contribution in [0.15, 0.2) is 0 Å². The van der Waals surface area contributed by atoms with Gasteiger partial charge in [-0.15, -0.1) is 0 Å². The molecule has 78 heavy (non-hydrogen) atoms. The van der Waals surface area contributed by atoms with Gasteiger partial charge >= 0.3 is 5.97 Å². The predicted octanol–water partition coefficient (Wildman–Crippen LogP) is -13.7. The van der Waals surface area contributed by atoms with Gasteiger partial charge in [0.2, 0.25) is 11.8 Å². The summed E-state index contributed by atoms with van der Waals surface area (Å²) < 4.78 is 58.1. The number of carbonyl (C=O) groups excluding carboxylic acids is 3. The third-order valence-electron chi connectivity index (χ3n) is 13.7. The average molecular weight is 1150 g/mol. The Kier molecular flexibility index (Phi) is 23.9. The molecule has 5 aliphatic heterocycles. The molecule has 30 unspecified atom stereocenters. The highest BCUT2D eigenvalue weighted by Crippen LogP contribution is 2.40. The van der Waals surface area contributed by atoms with Gasteiger partial charge in [-0.25, -0.2) is 4.79 Å². The summed E-state index contributed by atoms with van der Waals surface area (Å²) in [4.78, 5) is 49.8. The molecule has 5 fully saturated rings. The van der Waals surface area contributed by atoms with Crippen LogP contribution in [0.2, 0.25) is 0 Å². The molecule has 21 N–H and O–H groups in total. The number of amides is 2. The van der Waals surface area contributed by atoms with Crippen LogP contribution in [0.25, 0.3) is 0 Å². The van der Waals surface area contributed by atoms with E-state index in [0.717, 1.165) is 13.8 Å². The molecule has 35 heteroatoms. The summed E-state index contributed by atoms with van der Waals surface area (Å²) in [5, 5.41) is 209. The Balaban J connectivity index is 1.60. The van der Waals surface area contributed by atoms with Gasteiger partial charge in [-0.05, 0) is 6.92 Å². The minimum absolute atomic E-state index is 0.168. The van der Waals surface area contributed by atoms with E-state index in [-0.39, 0.29) is 6.29 Å². The molecule has 0 spiro atoms. The fraction of sp³-hybridized carbons (Fsp3) is 0.907. The van der Waals surface area contributed by atoms with Gasteiger partial charge in [0, 0.05) is 20.3 Å². The van der Waals surface area contributed by atoms with Crippen LogP contribution in [0.1, 0.15) is 27.2 Å². The molecule has 452 valence electrons. The van der Waals surface area contributed by atoms with E-state index in [0.29, 0.717) is 0 Å². The molecule has 35 nitrogen and oxygen atoms in total. The van der Waals surface area contributed by atoms with Crippen molar-refractivity contribution in [3.8, 4) is 0 Å². The third kappa shape index (κ3) is 14.4. The van der Waals surface area contributed by atoms with Crippen molar-refractivity contribution in [2.24, 2.45) is 0 Å². The molecule has 5 rings (SSSR count). The number of nitrogens with one attached hydrogen (secondary N) is 2. The molecular formula is C43H72N2O33. The molecule has 5 heterocycles. The second kappa shape index (κ2) is 28.3. The summed E-state index contributed by atoms with van der Waals surface area (Å²) in [6, 6.07) is -3.75. The van der Waals surface area contributed by atoms with Crippen molar-refractivity contribution in [3.63, 3.8) is 0 Å². The molecule has 0 aromatic heterocycles. The standard InChI is InChI=1S/C43H72N2O33/c1-11-23(58)28(63)29(64)39(69-11)74-33-20(10-51)72-38(76-36-26(61)18(8-49)70-40(30(36)65)73-32(17(57)7-48)24(59)15(55)5-46)22(45-13(3)53)35(33)75-41-31(66)37(27(62)19(9-50)71-41)78-43(42(67)68)4-14(54)21(44-12(2)52)34(77-43)25(60)16(56)6-47/h5,11,14-41,47-51,54-66H,4,6-10H2,1-3H3,(H,44,52)(H,45,53)(H,67,68). The quantitative estimate of drug-likeness (QED) is 0.0399. The number of carboxylic acid groups (broad SMARTS) is 1. The van der Waals surface area contributed by atoms with E-state index < -0.39 is 241 Å². The molecule has 30 atom stereocenters. The molecule has 2 amide bonds. The van der Waals surface area contributed by atoms with E-state index in [1.165, 1.54) is 6.92 Å². The number of aliphatic hydroxyl groups is 18. The SMILES string of the molecule is CC(=O)NC1C(O)CC(OC2C(O)C(CO)OC(OC3C(NC(C)=O)C(OC4C(O)C(CO)OC(OC(C(O)CO)C(O)C(O)C=O)C4O)OC(CO)C3OC3OC(C)C(O)C(O)C3O)C2O)(C(=O)O)OC1C(O)C(O)CO. The van der Waals surface area contributed by atoms with Crippen LogP contribution in [0.5, 0.6) is 0 Å². The van der Waals surface area contributed by atoms with E-state index in [4.69, 9.17) is 47.4 Å². The average Bonchev–Trinajstić information content (AvgIpc) is 3.49. The van der Waals surface area contributed by atoms with Gasteiger partial charge in [0.25, 0.3) is 5.79 Å². The van der Waals surface area contributed by atoms with Crippen LogP contribution in [0.4, 0.5) is 0 Å². The van der Waals surface area contributed by atoms with Crippen molar-refractivity contribution in [1.82, 2.24) is 10.6 Å². The molecule has 0 radical (unpaired) electrons. The fourth-order valence-electron chi connectivity index (χ4n) is 9.50. The first kappa shape index (κ1) is 65.8. The van der Waals surface area contributed by atoms with Crippen molar-refractivity contribution < 1.29 is 164 Å². The number of aldehydes is 1. The summed E-state index contributed by atoms with van der Waals surface area (Å²) >= 11 is 0. The molecular weight excluding hydrogens is 1070 g/mol. The number of carboxylic acids is 1. The van der Waals surface area contributed by atoms with Gasteiger partial charge in [0.1, 0.15) is 134 Å². The van der Waals surface area contributed by atoms with E-state index in [9.17, 15) is 116 Å². The maximum atomic E-state index is 13.2. The minimum atomic E-state index is -3.29. The third-order valence-corrected chi connectivity index (χ3v) is 13.7. The number of hydrogen-bond acceptors (Lipinski definition) is 32. The maximum absolute atomic E-state index is 13.2. The van der Waals surface area contributed by atoms with E-state index >= 15 is 0 Å². The molecule has 0 aromatic carbocycles. The van der Waals surface area contributed by atoms with E-state index in [1.807, 2.05) is 0 Å². The van der Waals surface area contributed by atoms with Gasteiger partial charge in [0.15, 0.2) is 31.4 Å². The van der Waals surface area contributed by atoms with Crippen molar-refractivity contribution in [2.45, 2.75) is 211 Å². The Hall–Kier alpha value is -3.04. The normalized spacial score (nSPS) is 43.8. The lowest BCUT2D eigenvalue weighted by Gasteiger charge is -2.52. The molecule has 5 saturated heterocycles. The number of hydrogen-bond donors (Lipinski definition) is 21. The van der Waals surface area contributed by atoms with Gasteiger partial charge < -0.3 is 160 Å². The fourth-order valence-corrected chi connectivity index (χ4v) is 9.50. The predicted molar refractivity (Wildman–Crippen MR) is 239 cm³/mol. The van der Waals surface area contributed by atoms with Crippen molar-refractivity contribution in [1.29, 1.82) is 0 Å². The van der Waals surface area contributed by atoms with Crippen molar-refractivity contribution >= 4 is 24.1 Å². The monoisotopic (exact) mass is 1140 g/mol. The smallest absolute Gasteiger partial charge is 0.364 e. The molecule has 5 aliphatic rings. The van der Waals surface area contributed by atoms with Gasteiger partial charge in [-0.1, -0.05) is 0 Å². The maximum Gasteiger partial charge on any atom is 0.364 e. The lowest BCUT2D eigenvalue weighted by Crippen LogP contribution is -2.72. The van der Waals surface area contributed by atoms with Crippen LogP contribution in [0, 0.1) is 0 Å². The first-order valence-corrected chi connectivity index (χ1v) is 24.4. The number of aliphatic hydroxyl groups excluding tert-OH is 18. The number of carbonyl (C=O) groups is 4. The van der Waals surface area contributed by atoms with Crippen molar-refractivity contribution in [2.75, 3.05) is 33.0 Å². The summed E-state index contributed by atoms with van der Waals surface area (Å²) in [6.07, 6.45) is -58.7. The zero-order chi connectivity index (χ0) is 58.4. The van der Waals surface area contributed by atoms with Gasteiger partial charge in [-0.3, -0.25) is 9.59 Å². The first-order chi connectivity index (χ1) is 36.6. The number of ether oxygens (including phenoxy) is 10. The lowest BCUT2D eigenvalue weighted by molar-refractivity contribution is -0.397. The first-order valence-electron chi connectivity index (χ1n) is 24.4.